The highest BCUT2D eigenvalue weighted by Gasteiger charge is 2.26. The zero-order chi connectivity index (χ0) is 22.0. The van der Waals surface area contributed by atoms with Crippen LogP contribution in [0.2, 0.25) is 0 Å². The minimum atomic E-state index is -0.838. The molecule has 0 amide bonds. The molecule has 1 aliphatic heterocycles. The van der Waals surface area contributed by atoms with Crippen molar-refractivity contribution in [1.29, 1.82) is 0 Å². The number of hydrogen-bond acceptors (Lipinski definition) is 5. The third-order valence-corrected chi connectivity index (χ3v) is 5.48. The molecule has 0 saturated heterocycles. The summed E-state index contributed by atoms with van der Waals surface area (Å²) < 4.78 is 11.6. The van der Waals surface area contributed by atoms with Crippen LogP contribution in [0.4, 0.5) is 0 Å². The molecule has 0 spiro atoms. The van der Waals surface area contributed by atoms with E-state index < -0.39 is 5.97 Å². The van der Waals surface area contributed by atoms with Crippen molar-refractivity contribution in [1.82, 2.24) is 0 Å². The van der Waals surface area contributed by atoms with Crippen LogP contribution in [0, 0.1) is 6.92 Å². The third kappa shape index (κ3) is 4.49. The van der Waals surface area contributed by atoms with Crippen LogP contribution < -0.4 is 9.47 Å². The van der Waals surface area contributed by atoms with Gasteiger partial charge >= 0.3 is 5.97 Å². The number of aliphatic hydroxyl groups excluding tert-OH is 1. The van der Waals surface area contributed by atoms with Crippen LogP contribution in [0.25, 0.3) is 11.1 Å². The summed E-state index contributed by atoms with van der Waals surface area (Å²) in [5.41, 5.74) is 5.25. The number of aromatic hydroxyl groups is 1. The van der Waals surface area contributed by atoms with Crippen LogP contribution >= 0.6 is 0 Å². The molecule has 6 heteroatoms. The van der Waals surface area contributed by atoms with Crippen LogP contribution in [0.5, 0.6) is 17.2 Å². The first kappa shape index (κ1) is 20.8. The Labute approximate surface area is 180 Å². The molecule has 0 aromatic heterocycles. The second-order valence-corrected chi connectivity index (χ2v) is 7.75. The van der Waals surface area contributed by atoms with Crippen LogP contribution in [0.3, 0.4) is 0 Å². The summed E-state index contributed by atoms with van der Waals surface area (Å²) >= 11 is 0. The maximum Gasteiger partial charge on any atom is 0.304 e. The van der Waals surface area contributed by atoms with Gasteiger partial charge in [-0.25, -0.2) is 0 Å². The van der Waals surface area contributed by atoms with Crippen molar-refractivity contribution in [2.75, 3.05) is 6.61 Å². The highest BCUT2D eigenvalue weighted by Crippen LogP contribution is 2.38. The van der Waals surface area contributed by atoms with E-state index in [1.54, 1.807) is 18.2 Å². The maximum atomic E-state index is 11.0. The summed E-state index contributed by atoms with van der Waals surface area (Å²) in [6.07, 6.45) is 0.0481. The average molecular weight is 420 g/mol. The average Bonchev–Trinajstić information content (AvgIpc) is 3.13. The molecule has 4 rings (SSSR count). The van der Waals surface area contributed by atoms with E-state index in [1.807, 2.05) is 43.3 Å². The first-order valence-electron chi connectivity index (χ1n) is 10.1. The molecule has 0 saturated carbocycles. The van der Waals surface area contributed by atoms with Crippen molar-refractivity contribution in [3.8, 4) is 28.4 Å². The fourth-order valence-electron chi connectivity index (χ4n) is 4.09. The highest BCUT2D eigenvalue weighted by molar-refractivity contribution is 5.72. The van der Waals surface area contributed by atoms with Gasteiger partial charge in [0.1, 0.15) is 23.9 Å². The molecule has 1 atom stereocenters. The number of benzene rings is 3. The zero-order valence-electron chi connectivity index (χ0n) is 17.2. The molecule has 1 aliphatic rings. The molecular weight excluding hydrogens is 396 g/mol. The summed E-state index contributed by atoms with van der Waals surface area (Å²) in [4.78, 5) is 11.0. The van der Waals surface area contributed by atoms with Gasteiger partial charge in [-0.2, -0.15) is 0 Å². The van der Waals surface area contributed by atoms with Crippen molar-refractivity contribution >= 4 is 5.97 Å². The molecule has 3 aromatic rings. The van der Waals surface area contributed by atoms with Crippen molar-refractivity contribution in [2.45, 2.75) is 32.5 Å². The lowest BCUT2D eigenvalue weighted by atomic mass is 9.94. The second kappa shape index (κ2) is 8.70. The van der Waals surface area contributed by atoms with Gasteiger partial charge in [-0.15, -0.1) is 0 Å². The van der Waals surface area contributed by atoms with Crippen molar-refractivity contribution in [2.24, 2.45) is 0 Å². The minimum Gasteiger partial charge on any atom is -0.508 e. The summed E-state index contributed by atoms with van der Waals surface area (Å²) in [5.74, 6) is 0.485. The number of rotatable bonds is 7. The van der Waals surface area contributed by atoms with Gasteiger partial charge in [0.2, 0.25) is 0 Å². The smallest absolute Gasteiger partial charge is 0.304 e. The molecule has 1 unspecified atom stereocenters. The van der Waals surface area contributed by atoms with Gasteiger partial charge < -0.3 is 24.8 Å². The van der Waals surface area contributed by atoms with Crippen LogP contribution in [-0.2, 0) is 18.0 Å². The molecule has 31 heavy (non-hydrogen) atoms. The summed E-state index contributed by atoms with van der Waals surface area (Å²) in [5, 5.41) is 28.6. The standard InChI is InChI=1S/C25H24O6/c1-15-7-20(27)9-18(12-26)25(15)17-4-2-3-16(8-17)13-30-21-5-6-22-19(10-24(28)29)14-31-23(22)11-21/h2-9,11,19,26-27H,10,12-14H2,1H3,(H,28,29). The van der Waals surface area contributed by atoms with E-state index >= 15 is 0 Å². The number of aliphatic carboxylic acids is 1. The predicted molar refractivity (Wildman–Crippen MR) is 115 cm³/mol. The molecule has 3 aromatic carbocycles. The Hall–Kier alpha value is -3.51. The molecule has 6 nitrogen and oxygen atoms in total. The lowest BCUT2D eigenvalue weighted by Gasteiger charge is -2.14. The second-order valence-electron chi connectivity index (χ2n) is 7.75. The third-order valence-electron chi connectivity index (χ3n) is 5.48. The van der Waals surface area contributed by atoms with Crippen LogP contribution in [0.1, 0.15) is 34.6 Å². The Balaban J connectivity index is 1.51. The van der Waals surface area contributed by atoms with Crippen LogP contribution in [0.15, 0.2) is 54.6 Å². The first-order valence-corrected chi connectivity index (χ1v) is 10.1. The number of phenolic OH excluding ortho intramolecular Hbond substituents is 1. The largest absolute Gasteiger partial charge is 0.508 e. The van der Waals surface area contributed by atoms with Crippen molar-refractivity contribution < 1.29 is 29.6 Å². The molecule has 1 heterocycles. The van der Waals surface area contributed by atoms with E-state index in [-0.39, 0.29) is 24.7 Å². The van der Waals surface area contributed by atoms with Gasteiger partial charge in [-0.05, 0) is 59.0 Å². The first-order chi connectivity index (χ1) is 14.9. The van der Waals surface area contributed by atoms with Gasteiger partial charge in [0, 0.05) is 17.5 Å². The predicted octanol–water partition coefficient (Wildman–Crippen LogP) is 4.39. The molecule has 3 N–H and O–H groups in total. The van der Waals surface area contributed by atoms with Crippen LogP contribution in [-0.4, -0.2) is 27.9 Å². The van der Waals surface area contributed by atoms with E-state index in [2.05, 4.69) is 0 Å². The fraction of sp³-hybridized carbons (Fsp3) is 0.240. The van der Waals surface area contributed by atoms with Crippen molar-refractivity contribution in [3.05, 3.63) is 76.9 Å². The lowest BCUT2D eigenvalue weighted by molar-refractivity contribution is -0.137. The van der Waals surface area contributed by atoms with E-state index in [0.29, 0.717) is 30.3 Å². The van der Waals surface area contributed by atoms with E-state index in [0.717, 1.165) is 27.8 Å². The van der Waals surface area contributed by atoms with Gasteiger partial charge in [0.05, 0.1) is 19.6 Å². The molecule has 0 radical (unpaired) electrons. The van der Waals surface area contributed by atoms with Crippen molar-refractivity contribution in [3.63, 3.8) is 0 Å². The Morgan fingerprint density at radius 3 is 2.77 bits per heavy atom. The molecular formula is C25H24O6. The van der Waals surface area contributed by atoms with E-state index in [9.17, 15) is 15.0 Å². The number of fused-ring (bicyclic) bond motifs is 1. The Morgan fingerprint density at radius 1 is 1.16 bits per heavy atom. The zero-order valence-corrected chi connectivity index (χ0v) is 17.2. The summed E-state index contributed by atoms with van der Waals surface area (Å²) in [6.45, 7) is 2.45. The topological polar surface area (TPSA) is 96.2 Å². The van der Waals surface area contributed by atoms with Gasteiger partial charge in [0.25, 0.3) is 0 Å². The van der Waals surface area contributed by atoms with Gasteiger partial charge in [-0.3, -0.25) is 4.79 Å². The number of carboxylic acids is 1. The number of carbonyl (C=O) groups is 1. The highest BCUT2D eigenvalue weighted by atomic mass is 16.5. The SMILES string of the molecule is Cc1cc(O)cc(CO)c1-c1cccc(COc2ccc3c(c2)OCC3CC(=O)O)c1. The Kier molecular flexibility index (Phi) is 5.82. The number of phenols is 1. The molecule has 0 bridgehead atoms. The van der Waals surface area contributed by atoms with E-state index in [1.165, 1.54) is 0 Å². The Bertz CT molecular complexity index is 1120. The number of aryl methyl sites for hydroxylation is 1. The maximum absolute atomic E-state index is 11.0. The summed E-state index contributed by atoms with van der Waals surface area (Å²) in [6, 6.07) is 16.6. The molecule has 0 aliphatic carbocycles. The number of ether oxygens (including phenoxy) is 2. The number of hydrogen-bond donors (Lipinski definition) is 3. The monoisotopic (exact) mass is 420 g/mol. The normalized spacial score (nSPS) is 14.7. The number of aliphatic hydroxyl groups is 1. The lowest BCUT2D eigenvalue weighted by Crippen LogP contribution is -2.07. The number of carboxylic acid groups (broad SMARTS) is 1. The summed E-state index contributed by atoms with van der Waals surface area (Å²) in [7, 11) is 0. The molecule has 0 fully saturated rings. The van der Waals surface area contributed by atoms with Gasteiger partial charge in [0.15, 0.2) is 0 Å². The quantitative estimate of drug-likeness (QED) is 0.525. The van der Waals surface area contributed by atoms with E-state index in [4.69, 9.17) is 14.6 Å². The van der Waals surface area contributed by atoms with Gasteiger partial charge in [-0.1, -0.05) is 24.3 Å². The molecule has 160 valence electrons. The fourth-order valence-corrected chi connectivity index (χ4v) is 4.09. The Morgan fingerprint density at radius 2 is 2.00 bits per heavy atom. The minimum absolute atomic E-state index is 0.0481.